The van der Waals surface area contributed by atoms with E-state index in [1.807, 2.05) is 18.2 Å². The maximum Gasteiger partial charge on any atom is 0.490 e. The van der Waals surface area contributed by atoms with Gasteiger partial charge in [-0.25, -0.2) is 14.6 Å². The van der Waals surface area contributed by atoms with E-state index in [9.17, 15) is 26.3 Å². The Hall–Kier alpha value is -2.26. The third-order valence-corrected chi connectivity index (χ3v) is 7.04. The number of thioether (sulfide) groups is 1. The summed E-state index contributed by atoms with van der Waals surface area (Å²) in [5, 5.41) is 14.2. The van der Waals surface area contributed by atoms with E-state index in [0.29, 0.717) is 10.9 Å². The van der Waals surface area contributed by atoms with E-state index in [1.165, 1.54) is 38.9 Å². The lowest BCUT2D eigenvalue weighted by Crippen LogP contribution is -2.60. The molecule has 1 aromatic rings. The molecular formula is C21H26F6N2O6S. The standard InChI is InChI=1S/C17H24N2O2S.2C2HF3O2/c1-2-6-18-16(3-1)21-15-9-17(22-11-15)12-19(13-17)10-14-4-7-20-8-5-14;2*3-2(4,5)1(6)7/h1-3,6,14-15H,4-5,7-13H2;2*(H,6,7). The predicted octanol–water partition coefficient (Wildman–Crippen LogP) is 3.71. The van der Waals surface area contributed by atoms with E-state index in [4.69, 9.17) is 29.3 Å². The molecule has 1 aromatic heterocycles. The van der Waals surface area contributed by atoms with Crippen LogP contribution >= 0.6 is 11.8 Å². The summed E-state index contributed by atoms with van der Waals surface area (Å²) in [5.41, 5.74) is 0. The van der Waals surface area contributed by atoms with Gasteiger partial charge >= 0.3 is 24.3 Å². The highest BCUT2D eigenvalue weighted by Gasteiger charge is 2.50. The first-order chi connectivity index (χ1) is 16.7. The van der Waals surface area contributed by atoms with Gasteiger partial charge in [0.2, 0.25) is 5.88 Å². The van der Waals surface area contributed by atoms with Crippen LogP contribution < -0.4 is 4.74 Å². The van der Waals surface area contributed by atoms with E-state index < -0.39 is 24.3 Å². The topological polar surface area (TPSA) is 109 Å². The number of carboxylic acid groups (broad SMARTS) is 2. The molecule has 1 atom stereocenters. The zero-order valence-electron chi connectivity index (χ0n) is 18.9. The van der Waals surface area contributed by atoms with Gasteiger partial charge in [-0.3, -0.25) is 0 Å². The highest BCUT2D eigenvalue weighted by atomic mass is 32.2. The Morgan fingerprint density at radius 2 is 1.64 bits per heavy atom. The summed E-state index contributed by atoms with van der Waals surface area (Å²) in [6, 6.07) is 5.87. The van der Waals surface area contributed by atoms with Gasteiger partial charge in [-0.15, -0.1) is 11.8 Å². The van der Waals surface area contributed by atoms with E-state index in [-0.39, 0.29) is 0 Å². The third kappa shape index (κ3) is 10.0. The number of rotatable bonds is 4. The maximum absolute atomic E-state index is 10.6. The summed E-state index contributed by atoms with van der Waals surface area (Å²) in [6.45, 7) is 5.64. The van der Waals surface area contributed by atoms with Crippen molar-refractivity contribution < 1.29 is 55.6 Å². The van der Waals surface area contributed by atoms with Gasteiger partial charge in [0.05, 0.1) is 0 Å². The molecule has 204 valence electrons. The minimum atomic E-state index is -5.08. The van der Waals surface area contributed by atoms with Crippen molar-refractivity contribution in [1.82, 2.24) is 9.88 Å². The van der Waals surface area contributed by atoms with Crippen LogP contribution in [0.15, 0.2) is 24.4 Å². The van der Waals surface area contributed by atoms with Crippen molar-refractivity contribution in [3.8, 4) is 5.88 Å². The van der Waals surface area contributed by atoms with Crippen LogP contribution in [-0.2, 0) is 14.3 Å². The Morgan fingerprint density at radius 1 is 1.08 bits per heavy atom. The Balaban J connectivity index is 0.000000271. The van der Waals surface area contributed by atoms with Gasteiger partial charge in [0.15, 0.2) is 0 Å². The number of likely N-dealkylation sites (tertiary alicyclic amines) is 1. The number of carbonyl (C=O) groups is 2. The molecular weight excluding hydrogens is 522 g/mol. The van der Waals surface area contributed by atoms with Crippen LogP contribution in [0.2, 0.25) is 0 Å². The van der Waals surface area contributed by atoms with Crippen molar-refractivity contribution in [3.05, 3.63) is 24.4 Å². The highest BCUT2D eigenvalue weighted by Crippen LogP contribution is 2.46. The average Bonchev–Trinajstić information content (AvgIpc) is 3.18. The van der Waals surface area contributed by atoms with Crippen molar-refractivity contribution in [3.63, 3.8) is 0 Å². The lowest BCUT2D eigenvalue weighted by molar-refractivity contribution is -0.193. The normalized spacial score (nSPS) is 21.9. The molecule has 1 spiro atoms. The van der Waals surface area contributed by atoms with Gasteiger partial charge < -0.3 is 24.6 Å². The summed E-state index contributed by atoms with van der Waals surface area (Å²) < 4.78 is 75.4. The number of pyridine rings is 1. The van der Waals surface area contributed by atoms with Gasteiger partial charge in [0.25, 0.3) is 0 Å². The maximum atomic E-state index is 10.6. The second-order valence-corrected chi connectivity index (χ2v) is 9.93. The third-order valence-electron chi connectivity index (χ3n) is 5.47. The van der Waals surface area contributed by atoms with Gasteiger partial charge in [0.1, 0.15) is 6.10 Å². The van der Waals surface area contributed by atoms with Crippen LogP contribution in [0.3, 0.4) is 0 Å². The average molecular weight is 549 g/mol. The molecule has 3 fully saturated rings. The Labute approximate surface area is 206 Å². The molecule has 0 aliphatic carbocycles. The molecule has 4 heterocycles. The summed E-state index contributed by atoms with van der Waals surface area (Å²) in [4.78, 5) is 24.7. The summed E-state index contributed by atoms with van der Waals surface area (Å²) in [5.74, 6) is -2.80. The van der Waals surface area contributed by atoms with Gasteiger partial charge in [0, 0.05) is 62.0 Å². The molecule has 0 bridgehead atoms. The zero-order chi connectivity index (χ0) is 27.0. The van der Waals surface area contributed by atoms with Gasteiger partial charge in [-0.1, -0.05) is 6.07 Å². The molecule has 4 rings (SSSR count). The number of aliphatic carboxylic acids is 2. The quantitative estimate of drug-likeness (QED) is 0.545. The van der Waals surface area contributed by atoms with Crippen LogP contribution in [-0.4, -0.2) is 93.8 Å². The molecule has 0 radical (unpaired) electrons. The fourth-order valence-corrected chi connectivity index (χ4v) is 5.45. The minimum Gasteiger partial charge on any atom is -0.475 e. The van der Waals surface area contributed by atoms with E-state index >= 15 is 0 Å². The molecule has 3 saturated heterocycles. The number of halogens is 6. The fourth-order valence-electron chi connectivity index (χ4n) is 3.88. The zero-order valence-corrected chi connectivity index (χ0v) is 19.7. The Bertz CT molecular complexity index is 822. The van der Waals surface area contributed by atoms with Crippen LogP contribution in [0, 0.1) is 5.92 Å². The molecule has 15 heteroatoms. The van der Waals surface area contributed by atoms with Crippen molar-refractivity contribution in [2.75, 3.05) is 38.6 Å². The first-order valence-corrected chi connectivity index (χ1v) is 11.8. The smallest absolute Gasteiger partial charge is 0.475 e. The van der Waals surface area contributed by atoms with Crippen molar-refractivity contribution in [2.45, 2.75) is 42.5 Å². The second kappa shape index (κ2) is 12.8. The number of hydrogen-bond donors (Lipinski definition) is 2. The molecule has 0 amide bonds. The number of aromatic nitrogens is 1. The van der Waals surface area contributed by atoms with Crippen molar-refractivity contribution >= 4 is 23.7 Å². The lowest BCUT2D eigenvalue weighted by atomic mass is 9.90. The minimum absolute atomic E-state index is 0.324. The van der Waals surface area contributed by atoms with Crippen LogP contribution in [0.5, 0.6) is 5.88 Å². The summed E-state index contributed by atoms with van der Waals surface area (Å²) in [6.07, 6.45) is -4.40. The van der Waals surface area contributed by atoms with Gasteiger partial charge in [-0.2, -0.15) is 26.3 Å². The van der Waals surface area contributed by atoms with Gasteiger partial charge in [-0.05, 0) is 24.8 Å². The molecule has 0 aromatic carbocycles. The molecule has 3 aliphatic heterocycles. The molecule has 8 nitrogen and oxygen atoms in total. The van der Waals surface area contributed by atoms with Crippen LogP contribution in [0.25, 0.3) is 0 Å². The summed E-state index contributed by atoms with van der Waals surface area (Å²) >= 11 is 2.11. The first-order valence-electron chi connectivity index (χ1n) is 10.8. The van der Waals surface area contributed by atoms with E-state index in [0.717, 1.165) is 30.8 Å². The fraction of sp³-hybridized carbons (Fsp3) is 0.667. The van der Waals surface area contributed by atoms with Crippen molar-refractivity contribution in [1.29, 1.82) is 0 Å². The first kappa shape index (κ1) is 30.0. The Morgan fingerprint density at radius 3 is 2.11 bits per heavy atom. The number of carboxylic acids is 2. The number of nitrogens with zero attached hydrogens (tertiary/aromatic N) is 2. The summed E-state index contributed by atoms with van der Waals surface area (Å²) in [7, 11) is 0. The monoisotopic (exact) mass is 548 g/mol. The van der Waals surface area contributed by atoms with Crippen molar-refractivity contribution in [2.24, 2.45) is 5.92 Å². The molecule has 0 saturated carbocycles. The number of alkyl halides is 6. The SMILES string of the molecule is O=C(O)C(F)(F)F.O=C(O)C(F)(F)F.c1ccc(OC2CSC3(C2)CN(CC2CCOCC2)C3)nc1. The predicted molar refractivity (Wildman–Crippen MR) is 116 cm³/mol. The highest BCUT2D eigenvalue weighted by molar-refractivity contribution is 8.01. The molecule has 36 heavy (non-hydrogen) atoms. The molecule has 3 aliphatic rings. The molecule has 2 N–H and O–H groups in total. The Kier molecular flexibility index (Phi) is 10.7. The lowest BCUT2D eigenvalue weighted by Gasteiger charge is -2.49. The van der Waals surface area contributed by atoms with Crippen LogP contribution in [0.4, 0.5) is 26.3 Å². The molecule has 1 unspecified atom stereocenters. The number of hydrogen-bond acceptors (Lipinski definition) is 7. The number of ether oxygens (including phenoxy) is 2. The van der Waals surface area contributed by atoms with E-state index in [2.05, 4.69) is 21.6 Å². The van der Waals surface area contributed by atoms with E-state index in [1.54, 1.807) is 6.20 Å². The van der Waals surface area contributed by atoms with Crippen LogP contribution in [0.1, 0.15) is 19.3 Å². The second-order valence-electron chi connectivity index (χ2n) is 8.44. The largest absolute Gasteiger partial charge is 0.490 e.